The summed E-state index contributed by atoms with van der Waals surface area (Å²) in [4.78, 5) is 0. The third-order valence-corrected chi connectivity index (χ3v) is 22.4. The Labute approximate surface area is 151 Å². The molecule has 2 aromatic rings. The average molecular weight is 373 g/mol. The Balaban J connectivity index is 3.09. The van der Waals surface area contributed by atoms with Gasteiger partial charge in [-0.3, -0.25) is 0 Å². The molecule has 0 fully saturated rings. The van der Waals surface area contributed by atoms with Gasteiger partial charge in [-0.25, -0.2) is 0 Å². The second kappa shape index (κ2) is 7.19. The van der Waals surface area contributed by atoms with Crippen molar-refractivity contribution >= 4 is 38.2 Å². The molecule has 0 N–H and O–H groups in total. The first-order valence-electron chi connectivity index (χ1n) is 9.02. The first-order chi connectivity index (χ1) is 11.1. The standard InChI is InChI=1S/C21H33PSi2/c1-8-22(19-15-11-9-12-16-19,20-17-13-10-14-18-20)21(23(2,3)4)24(5,6)7/h9-18H,8H2,1-7H3. The smallest absolute Gasteiger partial charge is 0.0691 e. The molecule has 0 radical (unpaired) electrons. The van der Waals surface area contributed by atoms with Gasteiger partial charge in [-0.15, -0.1) is 0 Å². The van der Waals surface area contributed by atoms with Crippen molar-refractivity contribution in [3.8, 4) is 0 Å². The van der Waals surface area contributed by atoms with Gasteiger partial charge in [0.2, 0.25) is 0 Å². The van der Waals surface area contributed by atoms with Gasteiger partial charge in [0.25, 0.3) is 0 Å². The molecule has 0 amide bonds. The zero-order valence-corrected chi connectivity index (χ0v) is 19.3. The van der Waals surface area contributed by atoms with Gasteiger partial charge in [-0.2, -0.15) is 0 Å². The molecule has 0 saturated heterocycles. The van der Waals surface area contributed by atoms with Crippen molar-refractivity contribution in [2.75, 3.05) is 6.16 Å². The Bertz CT molecular complexity index is 660. The summed E-state index contributed by atoms with van der Waals surface area (Å²) in [5.74, 6) is 0. The summed E-state index contributed by atoms with van der Waals surface area (Å²) in [6, 6.07) is 22.8. The van der Waals surface area contributed by atoms with Gasteiger partial charge in [-0.1, -0.05) is 118 Å². The molecule has 0 aromatic heterocycles. The molecule has 0 saturated carbocycles. The summed E-state index contributed by atoms with van der Waals surface area (Å²) >= 11 is 0. The van der Waals surface area contributed by atoms with Crippen LogP contribution >= 0.6 is 6.89 Å². The SMILES string of the molecule is CCP(=C([Si](C)(C)C)[Si](C)(C)C)(c1ccccc1)c1ccccc1. The summed E-state index contributed by atoms with van der Waals surface area (Å²) < 4.78 is 1.99. The summed E-state index contributed by atoms with van der Waals surface area (Å²) in [6.07, 6.45) is 1.24. The molecule has 2 aromatic carbocycles. The summed E-state index contributed by atoms with van der Waals surface area (Å²) in [5, 5.41) is 3.16. The van der Waals surface area contributed by atoms with Crippen LogP contribution < -0.4 is 10.6 Å². The molecule has 130 valence electrons. The molecule has 2 rings (SSSR count). The maximum atomic E-state index is 2.57. The van der Waals surface area contributed by atoms with E-state index >= 15 is 0 Å². The van der Waals surface area contributed by atoms with Gasteiger partial charge in [0, 0.05) is 0 Å². The third-order valence-electron chi connectivity index (χ3n) is 4.67. The van der Waals surface area contributed by atoms with Crippen LogP contribution in [-0.2, 0) is 0 Å². The predicted molar refractivity (Wildman–Crippen MR) is 121 cm³/mol. The van der Waals surface area contributed by atoms with E-state index in [0.717, 1.165) is 0 Å². The van der Waals surface area contributed by atoms with Gasteiger partial charge in [0.05, 0.1) is 16.1 Å². The second-order valence-corrected chi connectivity index (χ2v) is 23.7. The van der Waals surface area contributed by atoms with E-state index in [0.29, 0.717) is 0 Å². The van der Waals surface area contributed by atoms with Crippen LogP contribution in [0, 0.1) is 0 Å². The van der Waals surface area contributed by atoms with Crippen molar-refractivity contribution in [2.45, 2.75) is 46.2 Å². The van der Waals surface area contributed by atoms with Crippen molar-refractivity contribution in [3.63, 3.8) is 0 Å². The van der Waals surface area contributed by atoms with E-state index in [-0.39, 0.29) is 0 Å². The van der Waals surface area contributed by atoms with Crippen LogP contribution in [0.5, 0.6) is 0 Å². The normalized spacial score (nSPS) is 13.0. The molecule has 0 nitrogen and oxygen atoms in total. The molecule has 0 unspecified atom stereocenters. The lowest BCUT2D eigenvalue weighted by Crippen LogP contribution is -2.52. The number of benzene rings is 2. The van der Waals surface area contributed by atoms with Crippen molar-refractivity contribution in [2.24, 2.45) is 0 Å². The fraction of sp³-hybridized carbons (Fsp3) is 0.381. The van der Waals surface area contributed by atoms with Gasteiger partial charge in [0.15, 0.2) is 0 Å². The Hall–Kier alpha value is -0.826. The minimum absolute atomic E-state index is 1.24. The first kappa shape index (κ1) is 19.5. The molecule has 0 aliphatic heterocycles. The molecular weight excluding hydrogens is 339 g/mol. The lowest BCUT2D eigenvalue weighted by atomic mass is 10.4. The van der Waals surface area contributed by atoms with E-state index in [1.165, 1.54) is 6.16 Å². The quantitative estimate of drug-likeness (QED) is 0.473. The van der Waals surface area contributed by atoms with E-state index in [2.05, 4.69) is 107 Å². The minimum atomic E-state index is -1.49. The zero-order chi connectivity index (χ0) is 18.0. The van der Waals surface area contributed by atoms with Crippen LogP contribution in [-0.4, -0.2) is 26.8 Å². The van der Waals surface area contributed by atoms with Crippen LogP contribution in [0.25, 0.3) is 0 Å². The Kier molecular flexibility index (Phi) is 5.84. The predicted octanol–water partition coefficient (Wildman–Crippen LogP) is 5.60. The Morgan fingerprint density at radius 3 is 1.25 bits per heavy atom. The van der Waals surface area contributed by atoms with Crippen molar-refractivity contribution in [3.05, 3.63) is 60.7 Å². The van der Waals surface area contributed by atoms with E-state index in [9.17, 15) is 0 Å². The van der Waals surface area contributed by atoms with Gasteiger partial charge in [0.1, 0.15) is 0 Å². The molecule has 0 aliphatic rings. The minimum Gasteiger partial charge on any atom is -0.0851 e. The monoisotopic (exact) mass is 372 g/mol. The van der Waals surface area contributed by atoms with Crippen molar-refractivity contribution in [1.29, 1.82) is 0 Å². The van der Waals surface area contributed by atoms with E-state index in [4.69, 9.17) is 0 Å². The molecule has 24 heavy (non-hydrogen) atoms. The first-order valence-corrected chi connectivity index (χ1v) is 18.0. The van der Waals surface area contributed by atoms with Crippen molar-refractivity contribution < 1.29 is 0 Å². The molecule has 0 spiro atoms. The molecule has 0 heterocycles. The van der Waals surface area contributed by atoms with Crippen LogP contribution in [0.2, 0.25) is 39.3 Å². The topological polar surface area (TPSA) is 0 Å². The fourth-order valence-corrected chi connectivity index (χ4v) is 28.4. The average Bonchev–Trinajstić information content (AvgIpc) is 2.51. The second-order valence-electron chi connectivity index (χ2n) is 8.65. The number of hydrogen-bond donors (Lipinski definition) is 0. The van der Waals surface area contributed by atoms with Crippen LogP contribution in [0.3, 0.4) is 0 Å². The zero-order valence-electron chi connectivity index (χ0n) is 16.4. The van der Waals surface area contributed by atoms with Crippen LogP contribution in [0.4, 0.5) is 0 Å². The largest absolute Gasteiger partial charge is 0.0851 e. The van der Waals surface area contributed by atoms with Crippen molar-refractivity contribution in [1.82, 2.24) is 0 Å². The van der Waals surface area contributed by atoms with E-state index < -0.39 is 23.0 Å². The highest BCUT2D eigenvalue weighted by molar-refractivity contribution is 7.96. The molecule has 3 heteroatoms. The summed E-state index contributed by atoms with van der Waals surface area (Å²) in [6.45, 7) is 16.3. The van der Waals surface area contributed by atoms with Crippen LogP contribution in [0.1, 0.15) is 6.92 Å². The maximum Gasteiger partial charge on any atom is 0.0691 e. The van der Waals surface area contributed by atoms with Gasteiger partial charge < -0.3 is 0 Å². The summed E-state index contributed by atoms with van der Waals surface area (Å²) in [5.41, 5.74) is 0. The van der Waals surface area contributed by atoms with Gasteiger partial charge >= 0.3 is 0 Å². The van der Waals surface area contributed by atoms with E-state index in [1.807, 2.05) is 4.54 Å². The highest BCUT2D eigenvalue weighted by Crippen LogP contribution is 2.50. The highest BCUT2D eigenvalue weighted by atomic mass is 31.2. The Morgan fingerprint density at radius 2 is 1.00 bits per heavy atom. The number of hydrogen-bond acceptors (Lipinski definition) is 0. The molecular formula is C21H33PSi2. The number of rotatable bonds is 5. The molecule has 0 aliphatic carbocycles. The maximum absolute atomic E-state index is 2.57. The van der Waals surface area contributed by atoms with Crippen LogP contribution in [0.15, 0.2) is 60.7 Å². The highest BCUT2D eigenvalue weighted by Gasteiger charge is 2.39. The molecule has 0 atom stereocenters. The lowest BCUT2D eigenvalue weighted by Gasteiger charge is -2.42. The third kappa shape index (κ3) is 3.71. The van der Waals surface area contributed by atoms with Gasteiger partial charge in [-0.05, 0) is 16.8 Å². The molecule has 0 bridgehead atoms. The Morgan fingerprint density at radius 1 is 0.667 bits per heavy atom. The fourth-order valence-electron chi connectivity index (χ4n) is 4.57. The summed E-state index contributed by atoms with van der Waals surface area (Å²) in [7, 11) is -2.83. The lowest BCUT2D eigenvalue weighted by molar-refractivity contribution is 1.50. The van der Waals surface area contributed by atoms with E-state index in [1.54, 1.807) is 10.6 Å².